The fourth-order valence-electron chi connectivity index (χ4n) is 2.17. The molecule has 0 saturated carbocycles. The first-order chi connectivity index (χ1) is 10.4. The number of anilines is 2. The highest BCUT2D eigenvalue weighted by Gasteiger charge is 2.11. The summed E-state index contributed by atoms with van der Waals surface area (Å²) in [5.41, 5.74) is 3.45. The van der Waals surface area contributed by atoms with E-state index >= 15 is 0 Å². The van der Waals surface area contributed by atoms with Crippen LogP contribution < -0.4 is 4.90 Å². The van der Waals surface area contributed by atoms with Crippen molar-refractivity contribution in [1.82, 2.24) is 0 Å². The topological polar surface area (TPSA) is 3.24 Å². The highest BCUT2D eigenvalue weighted by Crippen LogP contribution is 2.29. The molecule has 0 spiro atoms. The van der Waals surface area contributed by atoms with Gasteiger partial charge in [0, 0.05) is 17.1 Å². The maximum atomic E-state index is 2.25. The third-order valence-corrected chi connectivity index (χ3v) is 3.15. The molecule has 0 atom stereocenters. The Kier molecular flexibility index (Phi) is 5.60. The standard InChI is InChI=1S/C20H21N/c1-3-5-8-13-18(4-2)21(19-14-9-6-10-15-19)20-16-11-7-12-17-20/h3-17H,1-2H3/b5-3-,13-8-,18-4+. The fraction of sp³-hybridized carbons (Fsp3) is 0.100. The Labute approximate surface area is 127 Å². The molecule has 2 aromatic carbocycles. The number of hydrogen-bond acceptors (Lipinski definition) is 1. The first-order valence-electron chi connectivity index (χ1n) is 7.22. The van der Waals surface area contributed by atoms with E-state index < -0.39 is 0 Å². The van der Waals surface area contributed by atoms with E-state index in [0.717, 1.165) is 17.1 Å². The molecule has 0 bridgehead atoms. The highest BCUT2D eigenvalue weighted by atomic mass is 15.1. The number of allylic oxidation sites excluding steroid dienone is 5. The van der Waals surface area contributed by atoms with Crippen LogP contribution >= 0.6 is 0 Å². The van der Waals surface area contributed by atoms with Crippen molar-refractivity contribution in [1.29, 1.82) is 0 Å². The number of benzene rings is 2. The normalized spacial score (nSPS) is 12.2. The number of nitrogens with zero attached hydrogens (tertiary/aromatic N) is 1. The van der Waals surface area contributed by atoms with Gasteiger partial charge < -0.3 is 4.90 Å². The number of hydrogen-bond donors (Lipinski definition) is 0. The molecule has 0 aromatic heterocycles. The first-order valence-corrected chi connectivity index (χ1v) is 7.22. The Morgan fingerprint density at radius 3 is 1.71 bits per heavy atom. The van der Waals surface area contributed by atoms with E-state index in [1.54, 1.807) is 0 Å². The van der Waals surface area contributed by atoms with Gasteiger partial charge in [0.15, 0.2) is 0 Å². The summed E-state index contributed by atoms with van der Waals surface area (Å²) in [6.07, 6.45) is 10.4. The van der Waals surface area contributed by atoms with E-state index in [1.165, 1.54) is 0 Å². The zero-order valence-corrected chi connectivity index (χ0v) is 12.6. The van der Waals surface area contributed by atoms with Crippen LogP contribution in [0.3, 0.4) is 0 Å². The summed E-state index contributed by atoms with van der Waals surface area (Å²) in [5.74, 6) is 0. The Morgan fingerprint density at radius 2 is 1.29 bits per heavy atom. The van der Waals surface area contributed by atoms with Gasteiger partial charge in [-0.25, -0.2) is 0 Å². The summed E-state index contributed by atoms with van der Waals surface area (Å²) in [4.78, 5) is 2.25. The predicted molar refractivity (Wildman–Crippen MR) is 92.7 cm³/mol. The molecule has 0 heterocycles. The van der Waals surface area contributed by atoms with Gasteiger partial charge >= 0.3 is 0 Å². The quantitative estimate of drug-likeness (QED) is 0.618. The van der Waals surface area contributed by atoms with Crippen LogP contribution in [-0.2, 0) is 0 Å². The third-order valence-electron chi connectivity index (χ3n) is 3.15. The molecule has 0 fully saturated rings. The molecule has 0 aliphatic heterocycles. The highest BCUT2D eigenvalue weighted by molar-refractivity contribution is 5.69. The molecule has 0 aliphatic carbocycles. The Hall–Kier alpha value is -2.54. The third kappa shape index (κ3) is 3.96. The summed E-state index contributed by atoms with van der Waals surface area (Å²) in [6.45, 7) is 4.08. The average molecular weight is 275 g/mol. The SMILES string of the molecule is C\C=C/C=C\C(=C/C)N(c1ccccc1)c1ccccc1. The number of rotatable bonds is 5. The summed E-state index contributed by atoms with van der Waals surface area (Å²) < 4.78 is 0. The lowest BCUT2D eigenvalue weighted by Gasteiger charge is -2.26. The minimum Gasteiger partial charge on any atom is -0.311 e. The van der Waals surface area contributed by atoms with Crippen LogP contribution in [0.15, 0.2) is 96.7 Å². The second-order valence-corrected chi connectivity index (χ2v) is 4.60. The second-order valence-electron chi connectivity index (χ2n) is 4.60. The van der Waals surface area contributed by atoms with Crippen molar-refractivity contribution in [2.75, 3.05) is 4.90 Å². The van der Waals surface area contributed by atoms with Gasteiger partial charge in [-0.05, 0) is 44.2 Å². The van der Waals surface area contributed by atoms with Crippen LogP contribution in [0.2, 0.25) is 0 Å². The van der Waals surface area contributed by atoms with Crippen molar-refractivity contribution in [2.45, 2.75) is 13.8 Å². The average Bonchev–Trinajstić information content (AvgIpc) is 2.56. The van der Waals surface area contributed by atoms with Crippen molar-refractivity contribution in [3.63, 3.8) is 0 Å². The summed E-state index contributed by atoms with van der Waals surface area (Å²) in [6, 6.07) is 20.8. The molecule has 0 saturated heterocycles. The van der Waals surface area contributed by atoms with Crippen molar-refractivity contribution < 1.29 is 0 Å². The van der Waals surface area contributed by atoms with E-state index in [1.807, 2.05) is 31.2 Å². The predicted octanol–water partition coefficient (Wildman–Crippen LogP) is 5.86. The molecule has 0 N–H and O–H groups in total. The lowest BCUT2D eigenvalue weighted by Crippen LogP contribution is -2.14. The zero-order valence-electron chi connectivity index (χ0n) is 12.6. The molecular formula is C20H21N. The van der Waals surface area contributed by atoms with E-state index in [0.29, 0.717) is 0 Å². The molecule has 1 heteroatoms. The van der Waals surface area contributed by atoms with Crippen LogP contribution in [0.5, 0.6) is 0 Å². The van der Waals surface area contributed by atoms with Crippen LogP contribution in [0, 0.1) is 0 Å². The molecule has 0 aliphatic rings. The maximum absolute atomic E-state index is 2.25. The largest absolute Gasteiger partial charge is 0.311 e. The lowest BCUT2D eigenvalue weighted by atomic mass is 10.2. The molecule has 106 valence electrons. The minimum atomic E-state index is 1.14. The van der Waals surface area contributed by atoms with Gasteiger partial charge in [-0.15, -0.1) is 0 Å². The Balaban J connectivity index is 2.46. The van der Waals surface area contributed by atoms with Crippen molar-refractivity contribution in [2.24, 2.45) is 0 Å². The van der Waals surface area contributed by atoms with Gasteiger partial charge in [-0.1, -0.05) is 60.7 Å². The van der Waals surface area contributed by atoms with E-state index in [9.17, 15) is 0 Å². The van der Waals surface area contributed by atoms with Crippen molar-refractivity contribution in [3.05, 3.63) is 96.7 Å². The smallest absolute Gasteiger partial charge is 0.0461 e. The monoisotopic (exact) mass is 275 g/mol. The lowest BCUT2D eigenvalue weighted by molar-refractivity contribution is 1.20. The van der Waals surface area contributed by atoms with Gasteiger partial charge in [0.1, 0.15) is 0 Å². The van der Waals surface area contributed by atoms with E-state index in [2.05, 4.69) is 78.6 Å². The zero-order chi connectivity index (χ0) is 14.9. The van der Waals surface area contributed by atoms with Crippen LogP contribution in [-0.4, -0.2) is 0 Å². The summed E-state index contributed by atoms with van der Waals surface area (Å²) in [5, 5.41) is 0. The van der Waals surface area contributed by atoms with Gasteiger partial charge in [0.2, 0.25) is 0 Å². The van der Waals surface area contributed by atoms with Crippen molar-refractivity contribution in [3.8, 4) is 0 Å². The fourth-order valence-corrected chi connectivity index (χ4v) is 2.17. The van der Waals surface area contributed by atoms with Crippen molar-refractivity contribution >= 4 is 11.4 Å². The molecule has 1 nitrogen and oxygen atoms in total. The minimum absolute atomic E-state index is 1.14. The van der Waals surface area contributed by atoms with E-state index in [4.69, 9.17) is 0 Å². The van der Waals surface area contributed by atoms with E-state index in [-0.39, 0.29) is 0 Å². The van der Waals surface area contributed by atoms with Crippen LogP contribution in [0.1, 0.15) is 13.8 Å². The van der Waals surface area contributed by atoms with Gasteiger partial charge in [0.05, 0.1) is 0 Å². The molecular weight excluding hydrogens is 254 g/mol. The Morgan fingerprint density at radius 1 is 0.762 bits per heavy atom. The molecule has 2 rings (SSSR count). The van der Waals surface area contributed by atoms with Gasteiger partial charge in [-0.2, -0.15) is 0 Å². The maximum Gasteiger partial charge on any atom is 0.0461 e. The van der Waals surface area contributed by atoms with Crippen LogP contribution in [0.25, 0.3) is 0 Å². The summed E-state index contributed by atoms with van der Waals surface area (Å²) in [7, 11) is 0. The second kappa shape index (κ2) is 7.91. The Bertz CT molecular complexity index is 582. The van der Waals surface area contributed by atoms with Crippen LogP contribution in [0.4, 0.5) is 11.4 Å². The molecule has 0 unspecified atom stereocenters. The first kappa shape index (κ1) is 14.9. The molecule has 0 radical (unpaired) electrons. The molecule has 0 amide bonds. The number of para-hydroxylation sites is 2. The van der Waals surface area contributed by atoms with Gasteiger partial charge in [-0.3, -0.25) is 0 Å². The van der Waals surface area contributed by atoms with Gasteiger partial charge in [0.25, 0.3) is 0 Å². The molecule has 21 heavy (non-hydrogen) atoms. The molecule has 2 aromatic rings. The summed E-state index contributed by atoms with van der Waals surface area (Å²) >= 11 is 0.